The van der Waals surface area contributed by atoms with Gasteiger partial charge in [0.25, 0.3) is 5.56 Å². The van der Waals surface area contributed by atoms with Crippen molar-refractivity contribution in [3.8, 4) is 0 Å². The molecule has 2 aromatic rings. The summed E-state index contributed by atoms with van der Waals surface area (Å²) in [6.07, 6.45) is 5.79. The summed E-state index contributed by atoms with van der Waals surface area (Å²) in [6.45, 7) is 2.39. The fourth-order valence-corrected chi connectivity index (χ4v) is 2.12. The number of benzene rings is 1. The zero-order valence-corrected chi connectivity index (χ0v) is 12.2. The normalized spacial score (nSPS) is 10.7. The molecule has 0 atom stereocenters. The third kappa shape index (κ3) is 4.15. The van der Waals surface area contributed by atoms with Crippen molar-refractivity contribution in [2.45, 2.75) is 39.2 Å². The molecule has 2 rings (SSSR count). The van der Waals surface area contributed by atoms with Gasteiger partial charge >= 0.3 is 5.97 Å². The SMILES string of the molecule is CCCCCCOC(=O)Cn1ncc2ccccc2c1=O. The number of ether oxygens (including phenoxy) is 1. The van der Waals surface area contributed by atoms with Gasteiger partial charge in [-0.2, -0.15) is 5.10 Å². The highest BCUT2D eigenvalue weighted by molar-refractivity contribution is 5.80. The standard InChI is InChI=1S/C16H20N2O3/c1-2-3-4-7-10-21-15(19)12-18-16(20)14-9-6-5-8-13(14)11-17-18/h5-6,8-9,11H,2-4,7,10,12H2,1H3. The van der Waals surface area contributed by atoms with Crippen LogP contribution < -0.4 is 5.56 Å². The van der Waals surface area contributed by atoms with Gasteiger partial charge in [0.1, 0.15) is 6.54 Å². The van der Waals surface area contributed by atoms with Gasteiger partial charge in [0, 0.05) is 5.39 Å². The lowest BCUT2D eigenvalue weighted by Gasteiger charge is -2.07. The van der Waals surface area contributed by atoms with E-state index in [2.05, 4.69) is 12.0 Å². The minimum atomic E-state index is -0.420. The van der Waals surface area contributed by atoms with Gasteiger partial charge in [-0.15, -0.1) is 0 Å². The van der Waals surface area contributed by atoms with Crippen LogP contribution in [0, 0.1) is 0 Å². The Bertz CT molecular complexity index is 664. The molecular weight excluding hydrogens is 268 g/mol. The van der Waals surface area contributed by atoms with Crippen molar-refractivity contribution in [2.75, 3.05) is 6.61 Å². The first-order valence-electron chi connectivity index (χ1n) is 7.33. The van der Waals surface area contributed by atoms with E-state index < -0.39 is 5.97 Å². The molecule has 0 saturated carbocycles. The number of nitrogens with zero attached hydrogens (tertiary/aromatic N) is 2. The Labute approximate surface area is 123 Å². The average Bonchev–Trinajstić information content (AvgIpc) is 2.50. The maximum absolute atomic E-state index is 12.2. The summed E-state index contributed by atoms with van der Waals surface area (Å²) >= 11 is 0. The van der Waals surface area contributed by atoms with E-state index in [4.69, 9.17) is 4.74 Å². The lowest BCUT2D eigenvalue weighted by molar-refractivity contribution is -0.144. The molecule has 1 heterocycles. The Kier molecular flexibility index (Phi) is 5.49. The molecule has 0 saturated heterocycles. The monoisotopic (exact) mass is 288 g/mol. The predicted octanol–water partition coefficient (Wildman–Crippen LogP) is 2.52. The Morgan fingerprint density at radius 1 is 1.24 bits per heavy atom. The molecule has 0 aliphatic rings. The van der Waals surface area contributed by atoms with E-state index >= 15 is 0 Å². The quantitative estimate of drug-likeness (QED) is 0.580. The van der Waals surface area contributed by atoms with Gasteiger partial charge < -0.3 is 4.74 Å². The number of esters is 1. The average molecular weight is 288 g/mol. The van der Waals surface area contributed by atoms with Crippen LogP contribution in [0.5, 0.6) is 0 Å². The van der Waals surface area contributed by atoms with E-state index in [0.717, 1.165) is 35.8 Å². The molecule has 21 heavy (non-hydrogen) atoms. The van der Waals surface area contributed by atoms with E-state index in [-0.39, 0.29) is 12.1 Å². The van der Waals surface area contributed by atoms with Gasteiger partial charge in [-0.25, -0.2) is 4.68 Å². The van der Waals surface area contributed by atoms with Gasteiger partial charge in [0.2, 0.25) is 0 Å². The lowest BCUT2D eigenvalue weighted by atomic mass is 10.2. The van der Waals surface area contributed by atoms with Crippen LogP contribution in [-0.4, -0.2) is 22.4 Å². The molecule has 0 aliphatic carbocycles. The zero-order chi connectivity index (χ0) is 15.1. The van der Waals surface area contributed by atoms with Crippen molar-refractivity contribution >= 4 is 16.7 Å². The summed E-state index contributed by atoms with van der Waals surface area (Å²) in [5.41, 5.74) is -0.268. The largest absolute Gasteiger partial charge is 0.464 e. The smallest absolute Gasteiger partial charge is 0.327 e. The first kappa shape index (κ1) is 15.2. The first-order chi connectivity index (χ1) is 10.2. The maximum Gasteiger partial charge on any atom is 0.327 e. The molecule has 5 heteroatoms. The fraction of sp³-hybridized carbons (Fsp3) is 0.438. The Morgan fingerprint density at radius 2 is 2.05 bits per heavy atom. The second-order valence-electron chi connectivity index (χ2n) is 4.98. The van der Waals surface area contributed by atoms with Gasteiger partial charge in [-0.3, -0.25) is 9.59 Å². The van der Waals surface area contributed by atoms with Gasteiger partial charge in [-0.1, -0.05) is 44.4 Å². The predicted molar refractivity (Wildman–Crippen MR) is 81.1 cm³/mol. The van der Waals surface area contributed by atoms with E-state index in [1.165, 1.54) is 0 Å². The number of carbonyl (C=O) groups excluding carboxylic acids is 1. The number of fused-ring (bicyclic) bond motifs is 1. The fourth-order valence-electron chi connectivity index (χ4n) is 2.12. The number of rotatable bonds is 7. The lowest BCUT2D eigenvalue weighted by Crippen LogP contribution is -2.27. The topological polar surface area (TPSA) is 61.2 Å². The van der Waals surface area contributed by atoms with Crippen LogP contribution in [0.25, 0.3) is 10.8 Å². The molecule has 0 unspecified atom stereocenters. The Morgan fingerprint density at radius 3 is 2.86 bits per heavy atom. The van der Waals surface area contributed by atoms with Crippen LogP contribution in [0.3, 0.4) is 0 Å². The van der Waals surface area contributed by atoms with Crippen LogP contribution >= 0.6 is 0 Å². The molecule has 0 amide bonds. The van der Waals surface area contributed by atoms with Crippen LogP contribution in [0.1, 0.15) is 32.6 Å². The summed E-state index contributed by atoms with van der Waals surface area (Å²) in [6, 6.07) is 7.19. The van der Waals surface area contributed by atoms with Gasteiger partial charge in [0.15, 0.2) is 0 Å². The molecule has 1 aromatic carbocycles. The first-order valence-corrected chi connectivity index (χ1v) is 7.33. The molecule has 1 aromatic heterocycles. The number of carbonyl (C=O) groups is 1. The highest BCUT2D eigenvalue weighted by atomic mass is 16.5. The molecule has 5 nitrogen and oxygen atoms in total. The molecule has 0 aliphatic heterocycles. The Hall–Kier alpha value is -2.17. The molecule has 112 valence electrons. The van der Waals surface area contributed by atoms with Crippen LogP contribution in [-0.2, 0) is 16.1 Å². The summed E-state index contributed by atoms with van der Waals surface area (Å²) in [7, 11) is 0. The molecule has 0 bridgehead atoms. The van der Waals surface area contributed by atoms with Crippen molar-refractivity contribution in [2.24, 2.45) is 0 Å². The highest BCUT2D eigenvalue weighted by Crippen LogP contribution is 2.06. The van der Waals surface area contributed by atoms with E-state index in [0.29, 0.717) is 12.0 Å². The maximum atomic E-state index is 12.2. The highest BCUT2D eigenvalue weighted by Gasteiger charge is 2.09. The number of hydrogen-bond donors (Lipinski definition) is 0. The second kappa shape index (κ2) is 7.57. The summed E-state index contributed by atoms with van der Waals surface area (Å²) in [5.74, 6) is -0.420. The van der Waals surface area contributed by atoms with Crippen LogP contribution in [0.15, 0.2) is 35.3 Å². The van der Waals surface area contributed by atoms with Crippen molar-refractivity contribution in [3.63, 3.8) is 0 Å². The molecule has 0 radical (unpaired) electrons. The zero-order valence-electron chi connectivity index (χ0n) is 12.2. The summed E-state index contributed by atoms with van der Waals surface area (Å²) in [5, 5.41) is 5.34. The minimum absolute atomic E-state index is 0.141. The van der Waals surface area contributed by atoms with Crippen molar-refractivity contribution in [1.82, 2.24) is 9.78 Å². The summed E-state index contributed by atoms with van der Waals surface area (Å²) < 4.78 is 6.27. The molecular formula is C16H20N2O3. The molecule has 0 spiro atoms. The van der Waals surface area contributed by atoms with E-state index in [1.54, 1.807) is 18.3 Å². The van der Waals surface area contributed by atoms with Gasteiger partial charge in [0.05, 0.1) is 18.2 Å². The number of aromatic nitrogens is 2. The Balaban J connectivity index is 1.95. The third-order valence-corrected chi connectivity index (χ3v) is 3.30. The third-order valence-electron chi connectivity index (χ3n) is 3.30. The number of unbranched alkanes of at least 4 members (excludes halogenated alkanes) is 3. The van der Waals surface area contributed by atoms with Crippen molar-refractivity contribution < 1.29 is 9.53 Å². The van der Waals surface area contributed by atoms with Crippen molar-refractivity contribution in [1.29, 1.82) is 0 Å². The van der Waals surface area contributed by atoms with Crippen molar-refractivity contribution in [3.05, 3.63) is 40.8 Å². The molecule has 0 fully saturated rings. The van der Waals surface area contributed by atoms with Gasteiger partial charge in [-0.05, 0) is 12.5 Å². The van der Waals surface area contributed by atoms with E-state index in [1.807, 2.05) is 12.1 Å². The second-order valence-corrected chi connectivity index (χ2v) is 4.98. The minimum Gasteiger partial charge on any atom is -0.464 e. The molecule has 0 N–H and O–H groups in total. The summed E-state index contributed by atoms with van der Waals surface area (Å²) in [4.78, 5) is 23.9. The number of hydrogen-bond acceptors (Lipinski definition) is 4. The van der Waals surface area contributed by atoms with Crippen LogP contribution in [0.4, 0.5) is 0 Å². The van der Waals surface area contributed by atoms with E-state index in [9.17, 15) is 9.59 Å². The van der Waals surface area contributed by atoms with Crippen LogP contribution in [0.2, 0.25) is 0 Å².